The van der Waals surface area contributed by atoms with Crippen LogP contribution in [-0.2, 0) is 4.74 Å². The molecule has 4 nitrogen and oxygen atoms in total. The molecule has 19 heavy (non-hydrogen) atoms. The molecule has 104 valence electrons. The lowest BCUT2D eigenvalue weighted by Gasteiger charge is -2.38. The highest BCUT2D eigenvalue weighted by Crippen LogP contribution is 2.39. The summed E-state index contributed by atoms with van der Waals surface area (Å²) in [6, 6.07) is 0. The summed E-state index contributed by atoms with van der Waals surface area (Å²) in [7, 11) is 0. The fourth-order valence-electron chi connectivity index (χ4n) is 2.98. The molecule has 5 heteroatoms. The first-order valence-electron chi connectivity index (χ1n) is 6.54. The second-order valence-corrected chi connectivity index (χ2v) is 6.55. The smallest absolute Gasteiger partial charge is 0.358 e. The molecule has 0 saturated heterocycles. The van der Waals surface area contributed by atoms with E-state index >= 15 is 0 Å². The van der Waals surface area contributed by atoms with Crippen molar-refractivity contribution >= 4 is 17.6 Å². The van der Waals surface area contributed by atoms with Gasteiger partial charge < -0.3 is 4.74 Å². The van der Waals surface area contributed by atoms with Crippen LogP contribution >= 0.6 is 11.6 Å². The minimum Gasteiger partial charge on any atom is -0.458 e. The van der Waals surface area contributed by atoms with E-state index in [9.17, 15) is 4.79 Å². The highest BCUT2D eigenvalue weighted by Gasteiger charge is 2.34. The summed E-state index contributed by atoms with van der Waals surface area (Å²) in [5, 5.41) is 0.268. The van der Waals surface area contributed by atoms with Crippen molar-refractivity contribution in [1.82, 2.24) is 9.97 Å². The molecule has 0 aromatic carbocycles. The number of nitrogens with zero attached hydrogens (tertiary/aromatic N) is 2. The quantitative estimate of drug-likeness (QED) is 0.779. The summed E-state index contributed by atoms with van der Waals surface area (Å²) in [6.45, 7) is 6.63. The molecule has 1 aromatic heterocycles. The van der Waals surface area contributed by atoms with Crippen LogP contribution in [0.2, 0.25) is 5.15 Å². The molecule has 0 aliphatic heterocycles. The summed E-state index contributed by atoms with van der Waals surface area (Å²) in [6.07, 6.45) is 5.64. The summed E-state index contributed by atoms with van der Waals surface area (Å²) in [5.41, 5.74) is 0.425. The van der Waals surface area contributed by atoms with Gasteiger partial charge in [0.15, 0.2) is 5.69 Å². The number of halogens is 1. The van der Waals surface area contributed by atoms with Crippen molar-refractivity contribution in [2.24, 2.45) is 11.3 Å². The second kappa shape index (κ2) is 5.45. The maximum absolute atomic E-state index is 12.0. The first kappa shape index (κ1) is 14.3. The minimum absolute atomic E-state index is 0.0382. The molecule has 1 aliphatic rings. The van der Waals surface area contributed by atoms with E-state index in [0.717, 1.165) is 12.8 Å². The molecule has 0 amide bonds. The van der Waals surface area contributed by atoms with Crippen LogP contribution in [0.4, 0.5) is 0 Å². The van der Waals surface area contributed by atoms with Crippen LogP contribution in [0.15, 0.2) is 12.4 Å². The Labute approximate surface area is 118 Å². The Morgan fingerprint density at radius 3 is 2.68 bits per heavy atom. The van der Waals surface area contributed by atoms with Crippen LogP contribution in [-0.4, -0.2) is 22.0 Å². The third kappa shape index (κ3) is 3.90. The number of rotatable bonds is 2. The van der Waals surface area contributed by atoms with Gasteiger partial charge >= 0.3 is 5.97 Å². The maximum atomic E-state index is 12.0. The first-order valence-corrected chi connectivity index (χ1v) is 6.92. The van der Waals surface area contributed by atoms with E-state index in [-0.39, 0.29) is 22.4 Å². The fraction of sp³-hybridized carbons (Fsp3) is 0.643. The number of esters is 1. The van der Waals surface area contributed by atoms with Crippen molar-refractivity contribution in [3.8, 4) is 0 Å². The molecule has 0 radical (unpaired) electrons. The SMILES string of the molecule is CC1CC(OC(=O)c2cnc(Cl)cn2)CC(C)(C)C1. The van der Waals surface area contributed by atoms with Crippen LogP contribution in [0.1, 0.15) is 50.5 Å². The summed E-state index contributed by atoms with van der Waals surface area (Å²) in [5.74, 6) is 0.150. The van der Waals surface area contributed by atoms with Crippen molar-refractivity contribution in [3.05, 3.63) is 23.2 Å². The molecule has 2 unspecified atom stereocenters. The van der Waals surface area contributed by atoms with E-state index in [4.69, 9.17) is 16.3 Å². The average Bonchev–Trinajstić information content (AvgIpc) is 2.26. The first-order chi connectivity index (χ1) is 8.85. The van der Waals surface area contributed by atoms with Gasteiger partial charge in [-0.25, -0.2) is 14.8 Å². The Balaban J connectivity index is 2.00. The van der Waals surface area contributed by atoms with Crippen LogP contribution in [0.3, 0.4) is 0 Å². The third-order valence-corrected chi connectivity index (χ3v) is 3.64. The highest BCUT2D eigenvalue weighted by atomic mass is 35.5. The van der Waals surface area contributed by atoms with Gasteiger partial charge in [0.1, 0.15) is 11.3 Å². The molecular formula is C14H19ClN2O2. The number of carbonyl (C=O) groups excluding carboxylic acids is 1. The van der Waals surface area contributed by atoms with Gasteiger partial charge in [0, 0.05) is 0 Å². The largest absolute Gasteiger partial charge is 0.458 e. The third-order valence-electron chi connectivity index (χ3n) is 3.45. The Morgan fingerprint density at radius 2 is 2.11 bits per heavy atom. The van der Waals surface area contributed by atoms with Crippen molar-refractivity contribution < 1.29 is 9.53 Å². The number of hydrogen-bond acceptors (Lipinski definition) is 4. The van der Waals surface area contributed by atoms with Gasteiger partial charge in [0.05, 0.1) is 12.4 Å². The van der Waals surface area contributed by atoms with Crippen LogP contribution < -0.4 is 0 Å². The van der Waals surface area contributed by atoms with E-state index in [1.54, 1.807) is 0 Å². The van der Waals surface area contributed by atoms with Crippen molar-refractivity contribution in [2.75, 3.05) is 0 Å². The molecule has 1 fully saturated rings. The highest BCUT2D eigenvalue weighted by molar-refractivity contribution is 6.29. The Morgan fingerprint density at radius 1 is 1.37 bits per heavy atom. The number of aromatic nitrogens is 2. The van der Waals surface area contributed by atoms with Gasteiger partial charge in [-0.3, -0.25) is 0 Å². The fourth-order valence-corrected chi connectivity index (χ4v) is 3.08. The normalized spacial score (nSPS) is 25.9. The molecular weight excluding hydrogens is 264 g/mol. The van der Waals surface area contributed by atoms with Gasteiger partial charge in [0.2, 0.25) is 0 Å². The van der Waals surface area contributed by atoms with Gasteiger partial charge in [-0.05, 0) is 30.6 Å². The predicted molar refractivity (Wildman–Crippen MR) is 73.0 cm³/mol. The second-order valence-electron chi connectivity index (χ2n) is 6.17. The van der Waals surface area contributed by atoms with E-state index in [1.165, 1.54) is 18.8 Å². The molecule has 1 aromatic rings. The van der Waals surface area contributed by atoms with Gasteiger partial charge in [0.25, 0.3) is 0 Å². The van der Waals surface area contributed by atoms with Crippen molar-refractivity contribution in [2.45, 2.75) is 46.1 Å². The van der Waals surface area contributed by atoms with Crippen molar-refractivity contribution in [1.29, 1.82) is 0 Å². The zero-order valence-corrected chi connectivity index (χ0v) is 12.3. The lowest BCUT2D eigenvalue weighted by molar-refractivity contribution is -0.00769. The van der Waals surface area contributed by atoms with E-state index in [1.807, 2.05) is 0 Å². The maximum Gasteiger partial charge on any atom is 0.358 e. The zero-order valence-electron chi connectivity index (χ0n) is 11.5. The predicted octanol–water partition coefficient (Wildman–Crippen LogP) is 3.50. The van der Waals surface area contributed by atoms with Crippen molar-refractivity contribution in [3.63, 3.8) is 0 Å². The summed E-state index contributed by atoms with van der Waals surface area (Å²) < 4.78 is 5.54. The standard InChI is InChI=1S/C14H19ClN2O2/c1-9-4-10(6-14(2,3)5-9)19-13(18)11-7-17-12(15)8-16-11/h7-10H,4-6H2,1-3H3. The van der Waals surface area contributed by atoms with E-state index in [0.29, 0.717) is 5.92 Å². The summed E-state index contributed by atoms with van der Waals surface area (Å²) >= 11 is 5.64. The number of ether oxygens (including phenoxy) is 1. The Bertz CT molecular complexity index is 459. The molecule has 1 aliphatic carbocycles. The molecule has 1 heterocycles. The molecule has 0 N–H and O–H groups in total. The zero-order chi connectivity index (χ0) is 14.0. The minimum atomic E-state index is -0.418. The topological polar surface area (TPSA) is 52.1 Å². The van der Waals surface area contributed by atoms with Crippen LogP contribution in [0, 0.1) is 11.3 Å². The monoisotopic (exact) mass is 282 g/mol. The number of hydrogen-bond donors (Lipinski definition) is 0. The van der Waals surface area contributed by atoms with Crippen LogP contribution in [0.25, 0.3) is 0 Å². The Hall–Kier alpha value is -1.16. The molecule has 2 rings (SSSR count). The molecule has 0 spiro atoms. The number of carbonyl (C=O) groups is 1. The van der Waals surface area contributed by atoms with Gasteiger partial charge in [-0.15, -0.1) is 0 Å². The lowest BCUT2D eigenvalue weighted by Crippen LogP contribution is -2.34. The Kier molecular flexibility index (Phi) is 4.09. The van der Waals surface area contributed by atoms with Crippen LogP contribution in [0.5, 0.6) is 0 Å². The average molecular weight is 283 g/mol. The van der Waals surface area contributed by atoms with Gasteiger partial charge in [-0.2, -0.15) is 0 Å². The summed E-state index contributed by atoms with van der Waals surface area (Å²) in [4.78, 5) is 19.7. The van der Waals surface area contributed by atoms with Gasteiger partial charge in [-0.1, -0.05) is 32.4 Å². The molecule has 1 saturated carbocycles. The van der Waals surface area contributed by atoms with E-state index < -0.39 is 5.97 Å². The lowest BCUT2D eigenvalue weighted by atomic mass is 9.71. The van der Waals surface area contributed by atoms with E-state index in [2.05, 4.69) is 30.7 Å². The molecule has 0 bridgehead atoms. The molecule has 2 atom stereocenters.